The Labute approximate surface area is 151 Å². The second kappa shape index (κ2) is 7.65. The molecule has 0 amide bonds. The quantitative estimate of drug-likeness (QED) is 0.680. The van der Waals surface area contributed by atoms with Gasteiger partial charge in [0.05, 0.1) is 0 Å². The fourth-order valence-corrected chi connectivity index (χ4v) is 5.53. The molecule has 2 rings (SSSR count). The van der Waals surface area contributed by atoms with Crippen molar-refractivity contribution in [3.05, 3.63) is 0 Å². The van der Waals surface area contributed by atoms with E-state index >= 15 is 0 Å². The summed E-state index contributed by atoms with van der Waals surface area (Å²) in [4.78, 5) is 22.4. The summed E-state index contributed by atoms with van der Waals surface area (Å²) in [5.41, 5.74) is -1.43. The van der Waals surface area contributed by atoms with Gasteiger partial charge < -0.3 is 14.9 Å². The summed E-state index contributed by atoms with van der Waals surface area (Å²) >= 11 is 0. The highest BCUT2D eigenvalue weighted by atomic mass is 16.5. The van der Waals surface area contributed by atoms with Crippen LogP contribution in [0.2, 0.25) is 0 Å². The second-order valence-corrected chi connectivity index (χ2v) is 8.78. The first kappa shape index (κ1) is 20.2. The molecule has 25 heavy (non-hydrogen) atoms. The first-order valence-electron chi connectivity index (χ1n) is 9.71. The number of carboxylic acids is 1. The average Bonchev–Trinajstić information content (AvgIpc) is 2.84. The number of carbonyl (C=O) groups excluding carboxylic acids is 1. The predicted octanol–water partition coefficient (Wildman–Crippen LogP) is 3.78. The third-order valence-corrected chi connectivity index (χ3v) is 6.92. The second-order valence-electron chi connectivity index (χ2n) is 8.78. The largest absolute Gasteiger partial charge is 0.479 e. The molecule has 2 unspecified atom stereocenters. The van der Waals surface area contributed by atoms with Crippen LogP contribution in [0, 0.1) is 23.2 Å². The highest BCUT2D eigenvalue weighted by molar-refractivity contribution is 5.76. The number of hydrogen-bond acceptors (Lipinski definition) is 4. The van der Waals surface area contributed by atoms with Crippen molar-refractivity contribution in [2.75, 3.05) is 0 Å². The van der Waals surface area contributed by atoms with Gasteiger partial charge in [-0.05, 0) is 69.1 Å². The van der Waals surface area contributed by atoms with E-state index in [-0.39, 0.29) is 23.9 Å². The molecule has 2 fully saturated rings. The molecule has 2 aliphatic carbocycles. The summed E-state index contributed by atoms with van der Waals surface area (Å²) in [6, 6.07) is 0. The number of carboxylic acid groups (broad SMARTS) is 1. The molecular weight excluding hydrogens is 320 g/mol. The van der Waals surface area contributed by atoms with Crippen LogP contribution >= 0.6 is 0 Å². The summed E-state index contributed by atoms with van der Waals surface area (Å²) in [5, 5.41) is 18.9. The third-order valence-electron chi connectivity index (χ3n) is 6.92. The molecule has 144 valence electrons. The first-order chi connectivity index (χ1) is 11.6. The Morgan fingerprint density at radius 1 is 1.32 bits per heavy atom. The maximum Gasteiger partial charge on any atom is 0.335 e. The monoisotopic (exact) mass is 354 g/mol. The van der Waals surface area contributed by atoms with E-state index in [4.69, 9.17) is 9.84 Å². The van der Waals surface area contributed by atoms with E-state index in [1.165, 1.54) is 20.3 Å². The summed E-state index contributed by atoms with van der Waals surface area (Å²) < 4.78 is 5.61. The minimum Gasteiger partial charge on any atom is -0.479 e. The summed E-state index contributed by atoms with van der Waals surface area (Å²) in [5.74, 6) is 0.173. The minimum atomic E-state index is -1.63. The van der Waals surface area contributed by atoms with Crippen LogP contribution in [0.1, 0.15) is 79.1 Å². The zero-order valence-electron chi connectivity index (χ0n) is 16.1. The van der Waals surface area contributed by atoms with E-state index in [0.717, 1.165) is 32.1 Å². The maximum atomic E-state index is 11.4. The van der Waals surface area contributed by atoms with Gasteiger partial charge in [0.25, 0.3) is 0 Å². The fourth-order valence-electron chi connectivity index (χ4n) is 5.53. The van der Waals surface area contributed by atoms with Crippen molar-refractivity contribution >= 4 is 11.9 Å². The molecule has 5 heteroatoms. The van der Waals surface area contributed by atoms with Gasteiger partial charge >= 0.3 is 11.9 Å². The van der Waals surface area contributed by atoms with Gasteiger partial charge in [-0.25, -0.2) is 4.79 Å². The smallest absolute Gasteiger partial charge is 0.335 e. The van der Waals surface area contributed by atoms with Gasteiger partial charge in [-0.15, -0.1) is 0 Å². The van der Waals surface area contributed by atoms with Crippen molar-refractivity contribution in [1.82, 2.24) is 0 Å². The molecular formula is C20H34O5. The number of fused-ring (bicyclic) bond motifs is 1. The van der Waals surface area contributed by atoms with E-state index < -0.39 is 11.6 Å². The normalized spacial score (nSPS) is 35.5. The van der Waals surface area contributed by atoms with Crippen LogP contribution in [0.3, 0.4) is 0 Å². The molecule has 2 saturated carbocycles. The first-order valence-corrected chi connectivity index (χ1v) is 9.71. The van der Waals surface area contributed by atoms with Crippen LogP contribution in [0.15, 0.2) is 0 Å². The van der Waals surface area contributed by atoms with Crippen LogP contribution in [0.4, 0.5) is 0 Å². The van der Waals surface area contributed by atoms with E-state index in [9.17, 15) is 14.7 Å². The number of aliphatic hydroxyl groups is 1. The SMILES string of the molecule is CC(=O)OC1CCC[C@]2(C)C1CC[C@@H]2[C@H](C)CCC[C@@](C)(O)C(=O)O. The molecule has 2 aliphatic rings. The van der Waals surface area contributed by atoms with Crippen LogP contribution in [0.25, 0.3) is 0 Å². The number of esters is 1. The predicted molar refractivity (Wildman–Crippen MR) is 95.0 cm³/mol. The van der Waals surface area contributed by atoms with E-state index in [0.29, 0.717) is 24.2 Å². The molecule has 2 N–H and O–H groups in total. The lowest BCUT2D eigenvalue weighted by atomic mass is 9.61. The Kier molecular flexibility index (Phi) is 6.18. The highest BCUT2D eigenvalue weighted by Crippen LogP contribution is 2.58. The number of carbonyl (C=O) groups is 2. The van der Waals surface area contributed by atoms with E-state index in [1.807, 2.05) is 0 Å². The van der Waals surface area contributed by atoms with Crippen molar-refractivity contribution in [2.24, 2.45) is 23.2 Å². The highest BCUT2D eigenvalue weighted by Gasteiger charge is 2.53. The number of hydrogen-bond donors (Lipinski definition) is 2. The van der Waals surface area contributed by atoms with Crippen molar-refractivity contribution in [3.63, 3.8) is 0 Å². The zero-order chi connectivity index (χ0) is 18.8. The summed E-state index contributed by atoms with van der Waals surface area (Å²) in [6.45, 7) is 7.48. The molecule has 6 atom stereocenters. The lowest BCUT2D eigenvalue weighted by molar-refractivity contribution is -0.158. The molecule has 5 nitrogen and oxygen atoms in total. The molecule has 0 heterocycles. The van der Waals surface area contributed by atoms with Crippen molar-refractivity contribution in [1.29, 1.82) is 0 Å². The van der Waals surface area contributed by atoms with Gasteiger partial charge in [0.2, 0.25) is 0 Å². The molecule has 0 aromatic heterocycles. The molecule has 0 aromatic carbocycles. The van der Waals surface area contributed by atoms with E-state index in [2.05, 4.69) is 13.8 Å². The van der Waals surface area contributed by atoms with Crippen LogP contribution in [-0.4, -0.2) is 33.9 Å². The van der Waals surface area contributed by atoms with E-state index in [1.54, 1.807) is 0 Å². The summed E-state index contributed by atoms with van der Waals surface area (Å²) in [6.07, 6.45) is 7.49. The Bertz CT molecular complexity index is 500. The third kappa shape index (κ3) is 4.36. The lowest BCUT2D eigenvalue weighted by Gasteiger charge is -2.46. The van der Waals surface area contributed by atoms with Gasteiger partial charge in [0, 0.05) is 12.8 Å². The zero-order valence-corrected chi connectivity index (χ0v) is 16.1. The Morgan fingerprint density at radius 3 is 2.60 bits per heavy atom. The van der Waals surface area contributed by atoms with Crippen molar-refractivity contribution in [2.45, 2.75) is 90.8 Å². The van der Waals surface area contributed by atoms with Crippen LogP contribution < -0.4 is 0 Å². The van der Waals surface area contributed by atoms with Gasteiger partial charge in [0.1, 0.15) is 6.10 Å². The Hall–Kier alpha value is -1.10. The molecule has 0 radical (unpaired) electrons. The van der Waals surface area contributed by atoms with Crippen LogP contribution in [-0.2, 0) is 14.3 Å². The molecule has 0 spiro atoms. The standard InChI is InChI=1S/C20H34O5/c1-13(7-5-12-20(4,24)18(22)23)15-9-10-16-17(25-14(2)21)8-6-11-19(15,16)3/h13,15-17,24H,5-12H2,1-4H3,(H,22,23)/t13-,15-,16?,17?,19+,20-/m1/s1. The average molecular weight is 354 g/mol. The number of aliphatic carboxylic acids is 1. The Morgan fingerprint density at radius 2 is 2.00 bits per heavy atom. The van der Waals surface area contributed by atoms with Crippen LogP contribution in [0.5, 0.6) is 0 Å². The minimum absolute atomic E-state index is 0.0567. The lowest BCUT2D eigenvalue weighted by Crippen LogP contribution is -2.43. The molecule has 0 aliphatic heterocycles. The fraction of sp³-hybridized carbons (Fsp3) is 0.900. The summed E-state index contributed by atoms with van der Waals surface area (Å²) in [7, 11) is 0. The number of rotatable bonds is 7. The topological polar surface area (TPSA) is 83.8 Å². The van der Waals surface area contributed by atoms with Gasteiger partial charge in [-0.3, -0.25) is 4.79 Å². The number of ether oxygens (including phenoxy) is 1. The van der Waals surface area contributed by atoms with Crippen molar-refractivity contribution < 1.29 is 24.5 Å². The molecule has 0 bridgehead atoms. The maximum absolute atomic E-state index is 11.4. The molecule has 0 aromatic rings. The van der Waals surface area contributed by atoms with Gasteiger partial charge in [-0.2, -0.15) is 0 Å². The van der Waals surface area contributed by atoms with Crippen molar-refractivity contribution in [3.8, 4) is 0 Å². The van der Waals surface area contributed by atoms with Gasteiger partial charge in [0.15, 0.2) is 5.60 Å². The Balaban J connectivity index is 1.96. The van der Waals surface area contributed by atoms with Gasteiger partial charge in [-0.1, -0.05) is 20.3 Å². The molecule has 0 saturated heterocycles.